The van der Waals surface area contributed by atoms with Crippen LogP contribution >= 0.6 is 11.6 Å². The van der Waals surface area contributed by atoms with Gasteiger partial charge in [-0.25, -0.2) is 0 Å². The van der Waals surface area contributed by atoms with Crippen molar-refractivity contribution in [3.05, 3.63) is 58.6 Å². The molecule has 0 saturated carbocycles. The fraction of sp³-hybridized carbons (Fsp3) is 0.188. The molecule has 0 radical (unpaired) electrons. The van der Waals surface area contributed by atoms with E-state index in [1.807, 2.05) is 24.3 Å². The monoisotopic (exact) mass is 305 g/mol. The lowest BCUT2D eigenvalue weighted by atomic mass is 10.1. The van der Waals surface area contributed by atoms with Crippen LogP contribution in [0.5, 0.6) is 11.5 Å². The maximum atomic E-state index is 12.4. The molecule has 0 saturated heterocycles. The second kappa shape index (κ2) is 6.50. The Kier molecular flexibility index (Phi) is 4.70. The van der Waals surface area contributed by atoms with E-state index in [4.69, 9.17) is 16.3 Å². The molecule has 0 atom stereocenters. The second-order valence-corrected chi connectivity index (χ2v) is 5.08. The van der Waals surface area contributed by atoms with E-state index in [1.54, 1.807) is 14.2 Å². The number of phenolic OH excluding ortho intramolecular Hbond substituents is 1. The average molecular weight is 306 g/mol. The highest BCUT2D eigenvalue weighted by Crippen LogP contribution is 2.23. The van der Waals surface area contributed by atoms with Crippen molar-refractivity contribution >= 4 is 17.5 Å². The summed E-state index contributed by atoms with van der Waals surface area (Å²) in [7, 11) is 3.28. The van der Waals surface area contributed by atoms with E-state index in [1.165, 1.54) is 23.1 Å². The molecule has 0 fully saturated rings. The van der Waals surface area contributed by atoms with Crippen LogP contribution in [-0.2, 0) is 6.54 Å². The van der Waals surface area contributed by atoms with Crippen LogP contribution in [0.3, 0.4) is 0 Å². The van der Waals surface area contributed by atoms with E-state index in [2.05, 4.69) is 0 Å². The van der Waals surface area contributed by atoms with Gasteiger partial charge in [-0.05, 0) is 35.9 Å². The van der Waals surface area contributed by atoms with E-state index in [0.717, 1.165) is 11.3 Å². The Morgan fingerprint density at radius 1 is 1.29 bits per heavy atom. The van der Waals surface area contributed by atoms with Crippen molar-refractivity contribution in [1.29, 1.82) is 0 Å². The summed E-state index contributed by atoms with van der Waals surface area (Å²) in [6.07, 6.45) is 0. The first-order valence-corrected chi connectivity index (χ1v) is 6.76. The average Bonchev–Trinajstić information content (AvgIpc) is 2.49. The van der Waals surface area contributed by atoms with Gasteiger partial charge >= 0.3 is 0 Å². The third-order valence-electron chi connectivity index (χ3n) is 3.08. The molecule has 2 rings (SSSR count). The number of carbonyl (C=O) groups excluding carboxylic acids is 1. The van der Waals surface area contributed by atoms with Crippen LogP contribution in [0.15, 0.2) is 42.5 Å². The molecule has 0 unspecified atom stereocenters. The summed E-state index contributed by atoms with van der Waals surface area (Å²) in [5.41, 5.74) is 1.23. The summed E-state index contributed by atoms with van der Waals surface area (Å²) in [4.78, 5) is 13.9. The van der Waals surface area contributed by atoms with E-state index < -0.39 is 0 Å². The number of phenols is 1. The van der Waals surface area contributed by atoms with Gasteiger partial charge in [-0.1, -0.05) is 23.7 Å². The Hall–Kier alpha value is -2.20. The topological polar surface area (TPSA) is 49.8 Å². The van der Waals surface area contributed by atoms with Crippen molar-refractivity contribution in [1.82, 2.24) is 4.90 Å². The third kappa shape index (κ3) is 3.67. The van der Waals surface area contributed by atoms with Crippen LogP contribution in [0, 0.1) is 0 Å². The highest BCUT2D eigenvalue weighted by Gasteiger charge is 2.16. The van der Waals surface area contributed by atoms with E-state index in [9.17, 15) is 9.90 Å². The lowest BCUT2D eigenvalue weighted by Gasteiger charge is -2.18. The molecular formula is C16H16ClNO3. The normalized spacial score (nSPS) is 10.2. The van der Waals surface area contributed by atoms with Crippen LogP contribution in [-0.4, -0.2) is 30.1 Å². The standard InChI is InChI=1S/C16H16ClNO3/c1-18(10-11-4-3-5-13(8-11)21-2)16(20)14-9-12(19)6-7-15(14)17/h3-9,19H,10H2,1-2H3. The Morgan fingerprint density at radius 2 is 2.05 bits per heavy atom. The lowest BCUT2D eigenvalue weighted by molar-refractivity contribution is 0.0784. The number of aromatic hydroxyl groups is 1. The molecule has 0 aromatic heterocycles. The van der Waals surface area contributed by atoms with Gasteiger partial charge in [-0.2, -0.15) is 0 Å². The molecule has 0 bridgehead atoms. The minimum absolute atomic E-state index is 0.0116. The van der Waals surface area contributed by atoms with Gasteiger partial charge in [-0.3, -0.25) is 4.79 Å². The largest absolute Gasteiger partial charge is 0.508 e. The Morgan fingerprint density at radius 3 is 2.76 bits per heavy atom. The molecule has 0 aliphatic carbocycles. The van der Waals surface area contributed by atoms with Gasteiger partial charge in [0.15, 0.2) is 0 Å². The predicted molar refractivity (Wildman–Crippen MR) is 81.9 cm³/mol. The maximum Gasteiger partial charge on any atom is 0.255 e. The smallest absolute Gasteiger partial charge is 0.255 e. The summed E-state index contributed by atoms with van der Waals surface area (Å²) < 4.78 is 5.16. The van der Waals surface area contributed by atoms with Crippen molar-refractivity contribution in [2.75, 3.05) is 14.2 Å². The Bertz CT molecular complexity index is 658. The van der Waals surface area contributed by atoms with Crippen LogP contribution in [0.1, 0.15) is 15.9 Å². The van der Waals surface area contributed by atoms with Crippen molar-refractivity contribution in [3.63, 3.8) is 0 Å². The molecule has 0 heterocycles. The van der Waals surface area contributed by atoms with Crippen molar-refractivity contribution in [2.45, 2.75) is 6.54 Å². The fourth-order valence-corrected chi connectivity index (χ4v) is 2.20. The number of nitrogens with zero attached hydrogens (tertiary/aromatic N) is 1. The zero-order valence-corrected chi connectivity index (χ0v) is 12.6. The van der Waals surface area contributed by atoms with Crippen LogP contribution in [0.4, 0.5) is 0 Å². The minimum Gasteiger partial charge on any atom is -0.508 e. The SMILES string of the molecule is COc1cccc(CN(C)C(=O)c2cc(O)ccc2Cl)c1. The number of hydrogen-bond acceptors (Lipinski definition) is 3. The predicted octanol–water partition coefficient (Wildman–Crippen LogP) is 3.33. The number of halogens is 1. The van der Waals surface area contributed by atoms with Gasteiger partial charge in [0.25, 0.3) is 5.91 Å². The van der Waals surface area contributed by atoms with Gasteiger partial charge in [0.1, 0.15) is 11.5 Å². The van der Waals surface area contributed by atoms with E-state index in [0.29, 0.717) is 11.6 Å². The zero-order valence-electron chi connectivity index (χ0n) is 11.8. The van der Waals surface area contributed by atoms with Crippen LogP contribution in [0.2, 0.25) is 5.02 Å². The van der Waals surface area contributed by atoms with E-state index >= 15 is 0 Å². The molecular weight excluding hydrogens is 290 g/mol. The number of methoxy groups -OCH3 is 1. The summed E-state index contributed by atoms with van der Waals surface area (Å²) >= 11 is 6.01. The summed E-state index contributed by atoms with van der Waals surface area (Å²) in [5.74, 6) is 0.500. The van der Waals surface area contributed by atoms with Crippen LogP contribution < -0.4 is 4.74 Å². The zero-order chi connectivity index (χ0) is 15.4. The second-order valence-electron chi connectivity index (χ2n) is 4.68. The van der Waals surface area contributed by atoms with Crippen LogP contribution in [0.25, 0.3) is 0 Å². The first-order valence-electron chi connectivity index (χ1n) is 6.38. The number of ether oxygens (including phenoxy) is 1. The number of amides is 1. The first-order chi connectivity index (χ1) is 10.0. The molecule has 4 nitrogen and oxygen atoms in total. The van der Waals surface area contributed by atoms with E-state index in [-0.39, 0.29) is 17.2 Å². The fourth-order valence-electron chi connectivity index (χ4n) is 2.00. The molecule has 1 amide bonds. The summed E-state index contributed by atoms with van der Waals surface area (Å²) in [6, 6.07) is 11.8. The molecule has 21 heavy (non-hydrogen) atoms. The molecule has 0 aliphatic heterocycles. The molecule has 0 aliphatic rings. The molecule has 110 valence electrons. The maximum absolute atomic E-state index is 12.4. The number of rotatable bonds is 4. The van der Waals surface area contributed by atoms with Gasteiger partial charge in [-0.15, -0.1) is 0 Å². The van der Waals surface area contributed by atoms with Crippen molar-refractivity contribution in [2.24, 2.45) is 0 Å². The Labute approximate surface area is 128 Å². The minimum atomic E-state index is -0.251. The highest BCUT2D eigenvalue weighted by atomic mass is 35.5. The molecule has 1 N–H and O–H groups in total. The molecule has 2 aromatic carbocycles. The summed E-state index contributed by atoms with van der Waals surface area (Å²) in [5, 5.41) is 9.80. The first kappa shape index (κ1) is 15.2. The van der Waals surface area contributed by atoms with Crippen molar-refractivity contribution in [3.8, 4) is 11.5 Å². The molecule has 5 heteroatoms. The quantitative estimate of drug-likeness (QED) is 0.942. The van der Waals surface area contributed by atoms with Gasteiger partial charge < -0.3 is 14.7 Å². The number of benzene rings is 2. The lowest BCUT2D eigenvalue weighted by Crippen LogP contribution is -2.26. The number of carbonyl (C=O) groups is 1. The van der Waals surface area contributed by atoms with Gasteiger partial charge in [0, 0.05) is 13.6 Å². The highest BCUT2D eigenvalue weighted by molar-refractivity contribution is 6.33. The van der Waals surface area contributed by atoms with Gasteiger partial charge in [0.05, 0.1) is 17.7 Å². The summed E-state index contributed by atoms with van der Waals surface area (Å²) in [6.45, 7) is 0.419. The van der Waals surface area contributed by atoms with Gasteiger partial charge in [0.2, 0.25) is 0 Å². The Balaban J connectivity index is 2.17. The molecule has 2 aromatic rings. The molecule has 0 spiro atoms. The number of hydrogen-bond donors (Lipinski definition) is 1. The van der Waals surface area contributed by atoms with Crippen molar-refractivity contribution < 1.29 is 14.6 Å². The third-order valence-corrected chi connectivity index (χ3v) is 3.41.